The van der Waals surface area contributed by atoms with Gasteiger partial charge in [0.2, 0.25) is 23.6 Å². The minimum atomic E-state index is -0.541. The highest BCUT2D eigenvalue weighted by molar-refractivity contribution is 9.10. The number of pyridine rings is 2. The number of imidazole rings is 2. The van der Waals surface area contributed by atoms with Gasteiger partial charge in [-0.25, -0.2) is 29.5 Å². The molecule has 94 heavy (non-hydrogen) atoms. The number of carbonyl (C=O) groups is 4. The van der Waals surface area contributed by atoms with E-state index in [0.717, 1.165) is 57.3 Å². The number of hydrogen-bond donors (Lipinski definition) is 2. The van der Waals surface area contributed by atoms with Gasteiger partial charge in [-0.1, -0.05) is 12.1 Å². The Hall–Kier alpha value is -8.20. The van der Waals surface area contributed by atoms with Crippen LogP contribution in [0.1, 0.15) is 145 Å². The Labute approximate surface area is 558 Å². The lowest BCUT2D eigenvalue weighted by Gasteiger charge is -2.37. The largest absolute Gasteiger partial charge is 0.494 e. The topological polar surface area (TPSA) is 270 Å². The van der Waals surface area contributed by atoms with Crippen molar-refractivity contribution in [3.8, 4) is 35.2 Å². The molecule has 498 valence electrons. The normalized spacial score (nSPS) is 20.9. The molecule has 4 aromatic heterocycles. The van der Waals surface area contributed by atoms with E-state index in [0.29, 0.717) is 124 Å². The van der Waals surface area contributed by atoms with Gasteiger partial charge in [0, 0.05) is 108 Å². The van der Waals surface area contributed by atoms with E-state index >= 15 is 0 Å². The molecule has 2 saturated carbocycles. The van der Waals surface area contributed by atoms with Gasteiger partial charge >= 0.3 is 19.3 Å². The molecule has 7 aliphatic rings. The van der Waals surface area contributed by atoms with E-state index in [1.165, 1.54) is 12.8 Å². The van der Waals surface area contributed by atoms with E-state index < -0.39 is 29.5 Å². The summed E-state index contributed by atoms with van der Waals surface area (Å²) in [4.78, 5) is 74.3. The molecule has 5 aliphatic heterocycles. The van der Waals surface area contributed by atoms with Gasteiger partial charge in [-0.15, -0.1) is 0 Å². The van der Waals surface area contributed by atoms with Crippen LogP contribution in [0.25, 0.3) is 33.3 Å². The molecule has 7 fully saturated rings. The first-order valence-electron chi connectivity index (χ1n) is 32.7. The van der Waals surface area contributed by atoms with Gasteiger partial charge in [0.25, 0.3) is 0 Å². The zero-order valence-electron chi connectivity index (χ0n) is 56.0. The predicted octanol–water partition coefficient (Wildman–Crippen LogP) is 9.61. The van der Waals surface area contributed by atoms with Gasteiger partial charge in [0.15, 0.2) is 0 Å². The summed E-state index contributed by atoms with van der Waals surface area (Å²) in [5, 5.41) is 25.6. The van der Waals surface area contributed by atoms with Crippen molar-refractivity contribution in [3.63, 3.8) is 0 Å². The predicted molar refractivity (Wildman–Crippen MR) is 359 cm³/mol. The van der Waals surface area contributed by atoms with Crippen LogP contribution in [0.15, 0.2) is 65.8 Å². The number of nitriles is 2. The number of amides is 4. The van der Waals surface area contributed by atoms with Crippen molar-refractivity contribution in [1.29, 1.82) is 10.5 Å². The Morgan fingerprint density at radius 3 is 1.50 bits per heavy atom. The number of nitrogens with zero attached hydrogens (tertiary/aromatic N) is 12. The minimum absolute atomic E-state index is 0.0423. The highest BCUT2D eigenvalue weighted by Crippen LogP contribution is 2.43. The first-order chi connectivity index (χ1) is 44.5. The van der Waals surface area contributed by atoms with Crippen molar-refractivity contribution in [3.05, 3.63) is 76.9 Å². The van der Waals surface area contributed by atoms with Crippen molar-refractivity contribution >= 4 is 86.0 Å². The molecule has 6 aromatic rings. The quantitative estimate of drug-likeness (QED) is 0.0852. The van der Waals surface area contributed by atoms with Crippen molar-refractivity contribution in [2.45, 2.75) is 168 Å². The molecule has 4 atom stereocenters. The van der Waals surface area contributed by atoms with Gasteiger partial charge in [0.05, 0.1) is 63.1 Å². The van der Waals surface area contributed by atoms with Crippen molar-refractivity contribution in [2.24, 2.45) is 11.8 Å². The molecule has 9 heterocycles. The summed E-state index contributed by atoms with van der Waals surface area (Å²) in [7, 11) is -0.500. The molecule has 2 aromatic carbocycles. The second-order valence-electron chi connectivity index (χ2n) is 28.5. The number of anilines is 2. The molecular weight excluding hydrogens is 1260 g/mol. The fourth-order valence-corrected chi connectivity index (χ4v) is 12.5. The number of carbonyl (C=O) groups excluding carboxylic acids is 4. The molecule has 0 radical (unpaired) electrons. The molecular formula is C68H86BBrN14O10. The molecule has 26 heteroatoms. The maximum atomic E-state index is 12.5. The Morgan fingerprint density at radius 1 is 0.638 bits per heavy atom. The summed E-state index contributed by atoms with van der Waals surface area (Å²) in [6, 6.07) is 21.0. The summed E-state index contributed by atoms with van der Waals surface area (Å²) < 4.78 is 40.8. The number of benzene rings is 2. The zero-order valence-corrected chi connectivity index (χ0v) is 57.5. The van der Waals surface area contributed by atoms with Crippen molar-refractivity contribution in [1.82, 2.24) is 49.5 Å². The number of nitrogens with one attached hydrogen (secondary N) is 2. The second kappa shape index (κ2) is 26.9. The minimum Gasteiger partial charge on any atom is -0.473 e. The molecule has 0 bridgehead atoms. The van der Waals surface area contributed by atoms with E-state index in [9.17, 15) is 29.7 Å². The van der Waals surface area contributed by atoms with Gasteiger partial charge in [0.1, 0.15) is 51.2 Å². The van der Waals surface area contributed by atoms with Gasteiger partial charge in [-0.05, 0) is 167 Å². The highest BCUT2D eigenvalue weighted by Gasteiger charge is 2.52. The van der Waals surface area contributed by atoms with Gasteiger partial charge in [-0.3, -0.25) is 9.59 Å². The molecule has 0 spiro atoms. The maximum Gasteiger partial charge on any atom is 0.494 e. The number of aromatic nitrogens is 6. The van der Waals surface area contributed by atoms with Crippen LogP contribution in [0, 0.1) is 34.5 Å². The number of fused-ring (bicyclic) bond motifs is 2. The Balaban J connectivity index is 0.000000152. The Kier molecular flexibility index (Phi) is 19.2. The Bertz CT molecular complexity index is 3900. The molecule has 24 nitrogen and oxygen atoms in total. The van der Waals surface area contributed by atoms with Crippen molar-refractivity contribution < 1.29 is 47.4 Å². The summed E-state index contributed by atoms with van der Waals surface area (Å²) in [5.74, 6) is 1.48. The third kappa shape index (κ3) is 15.5. The number of hydrogen-bond acceptors (Lipinski definition) is 18. The van der Waals surface area contributed by atoms with E-state index in [4.69, 9.17) is 33.2 Å². The van der Waals surface area contributed by atoms with Crippen LogP contribution in [0.4, 0.5) is 21.0 Å². The third-order valence-electron chi connectivity index (χ3n) is 18.5. The molecule has 4 amide bonds. The van der Waals surface area contributed by atoms with Gasteiger partial charge < -0.3 is 67.6 Å². The SMILES string of the molecule is CC(C)(C)OC(=O)N1CCN(c2ccc(B3OC(C)(C)C(C)(C)O3)cc2C#N)CC1.C[C@@H](Oc1nc(-c2ccc(N3CCN(C(=O)OC(C)(C)C)CC3)c(C#N)c2)cc2ncn(C3CC3)c12)[C@H]1CNC(=O)C1.C[C@@H](Oc1nc(Br)cc2ncn(C3CC3)c12)[C@H]1CNC(=O)C1. The van der Waals surface area contributed by atoms with Crippen LogP contribution in [0.5, 0.6) is 11.8 Å². The Morgan fingerprint density at radius 2 is 1.07 bits per heavy atom. The average molecular weight is 1350 g/mol. The fourth-order valence-electron chi connectivity index (χ4n) is 12.1. The second-order valence-corrected chi connectivity index (χ2v) is 29.3. The fraction of sp³-hybridized carbons (Fsp3) is 0.559. The van der Waals surface area contributed by atoms with E-state index in [-0.39, 0.29) is 48.0 Å². The molecule has 13 rings (SSSR count). The summed E-state index contributed by atoms with van der Waals surface area (Å²) in [6.07, 6.45) is 8.33. The number of piperazine rings is 2. The monoisotopic (exact) mass is 1350 g/mol. The van der Waals surface area contributed by atoms with Gasteiger partial charge in [-0.2, -0.15) is 10.5 Å². The lowest BCUT2D eigenvalue weighted by Crippen LogP contribution is -2.50. The van der Waals surface area contributed by atoms with Crippen LogP contribution >= 0.6 is 15.9 Å². The molecule has 2 N–H and O–H groups in total. The first-order valence-corrected chi connectivity index (χ1v) is 33.5. The highest BCUT2D eigenvalue weighted by atomic mass is 79.9. The third-order valence-corrected chi connectivity index (χ3v) is 18.9. The maximum absolute atomic E-state index is 12.5. The summed E-state index contributed by atoms with van der Waals surface area (Å²) >= 11 is 3.42. The van der Waals surface area contributed by atoms with Crippen LogP contribution < -0.4 is 35.4 Å². The van der Waals surface area contributed by atoms with Crippen LogP contribution in [-0.4, -0.2) is 170 Å². The smallest absolute Gasteiger partial charge is 0.473 e. The lowest BCUT2D eigenvalue weighted by molar-refractivity contribution is -0.120. The number of ether oxygens (including phenoxy) is 4. The summed E-state index contributed by atoms with van der Waals surface area (Å²) in [6.45, 7) is 29.1. The lowest BCUT2D eigenvalue weighted by atomic mass is 9.78. The number of halogens is 1. The molecule has 5 saturated heterocycles. The van der Waals surface area contributed by atoms with E-state index in [1.54, 1.807) is 9.80 Å². The van der Waals surface area contributed by atoms with E-state index in [1.807, 2.05) is 144 Å². The van der Waals surface area contributed by atoms with Crippen LogP contribution in [0.3, 0.4) is 0 Å². The van der Waals surface area contributed by atoms with Crippen LogP contribution in [-0.2, 0) is 28.4 Å². The number of rotatable bonds is 12. The molecule has 0 unspecified atom stereocenters. The average Bonchev–Trinajstić information content (AvgIpc) is 1.68. The van der Waals surface area contributed by atoms with E-state index in [2.05, 4.69) is 72.6 Å². The zero-order chi connectivity index (χ0) is 67.2. The first kappa shape index (κ1) is 67.2. The summed E-state index contributed by atoms with van der Waals surface area (Å²) in [5.41, 5.74) is 6.69. The van der Waals surface area contributed by atoms with Crippen molar-refractivity contribution in [2.75, 3.05) is 75.2 Å². The standard InChI is InChI=1S/C31H37N7O4.C22H32BN3O4.C15H17BrN4O2/c1-19(22-14-27(39)33-17-22)41-29-28-25(34-18-38(28)23-6-7-23)15-24(35-29)20-5-8-26(21(13-20)16-32)36-9-11-37(12-10-36)30(40)42-31(2,3)4;1-20(2,3)28-19(27)26-12-10-25(11-13-26)18-9-8-17(14-16(18)15-24)23-29-21(4,5)22(6,7)30-23;1-8(9-4-13(21)17-6-9)22-15-14-11(5-12(16)19-15)18-7-20(14)10-2-3-10/h5,8,13,15,18-19,22-23H,6-7,9-12,14,17H2,1-4H3,(H,33,39);8-9,14H,10-13H2,1-7H3;5,7-10H,2-4,6H2,1H3,(H,17,21)/t19-,22-;;8-,9-/m1.1/s1. The van der Waals surface area contributed by atoms with Crippen LogP contribution in [0.2, 0.25) is 0 Å². The molecule has 2 aliphatic carbocycles.